The van der Waals surface area contributed by atoms with Crippen LogP contribution in [0.3, 0.4) is 0 Å². The molecule has 4 amide bonds. The lowest BCUT2D eigenvalue weighted by atomic mass is 9.85. The van der Waals surface area contributed by atoms with Gasteiger partial charge in [-0.05, 0) is 35.8 Å². The summed E-state index contributed by atoms with van der Waals surface area (Å²) in [6.45, 7) is 13.5. The minimum absolute atomic E-state index is 0.0164. The molecule has 1 aliphatic heterocycles. The molecule has 42 heavy (non-hydrogen) atoms. The Morgan fingerprint density at radius 2 is 1.79 bits per heavy atom. The summed E-state index contributed by atoms with van der Waals surface area (Å²) in [6, 6.07) is 5.19. The van der Waals surface area contributed by atoms with E-state index in [0.29, 0.717) is 12.5 Å². The van der Waals surface area contributed by atoms with Crippen molar-refractivity contribution in [3.63, 3.8) is 0 Å². The fraction of sp³-hybridized carbons (Fsp3) is 0.581. The molecule has 1 saturated heterocycles. The van der Waals surface area contributed by atoms with E-state index >= 15 is 0 Å². The van der Waals surface area contributed by atoms with Crippen molar-refractivity contribution in [2.24, 2.45) is 11.3 Å². The van der Waals surface area contributed by atoms with E-state index in [-0.39, 0.29) is 31.2 Å². The third-order valence-corrected chi connectivity index (χ3v) is 8.37. The van der Waals surface area contributed by atoms with Crippen molar-refractivity contribution in [2.75, 3.05) is 13.1 Å². The number of aliphatic hydroxyl groups excluding tert-OH is 1. The highest BCUT2D eigenvalue weighted by atomic mass is 32.1. The van der Waals surface area contributed by atoms with Gasteiger partial charge in [-0.25, -0.2) is 4.98 Å². The highest BCUT2D eigenvalue weighted by molar-refractivity contribution is 7.13. The molecule has 1 aromatic heterocycles. The minimum atomic E-state index is -0.947. The molecule has 0 aliphatic carbocycles. The SMILES string of the molecule is CC(=O)N[C@H](C(=O)N1C[C@H](O)CC1C(=O)N[C@@H](CC(=O)NCCC(C)C)c1ccc(-c2scnc2C)cc1)C(C)(C)C. The summed E-state index contributed by atoms with van der Waals surface area (Å²) in [7, 11) is 0. The highest BCUT2D eigenvalue weighted by Crippen LogP contribution is 2.30. The number of carbonyl (C=O) groups is 4. The molecule has 2 aromatic rings. The third kappa shape index (κ3) is 8.84. The molecule has 1 unspecified atom stereocenters. The number of hydrogen-bond acceptors (Lipinski definition) is 7. The van der Waals surface area contributed by atoms with Crippen LogP contribution in [-0.4, -0.2) is 69.9 Å². The molecule has 3 rings (SSSR count). The summed E-state index contributed by atoms with van der Waals surface area (Å²) >= 11 is 1.54. The van der Waals surface area contributed by atoms with Gasteiger partial charge in [-0.1, -0.05) is 58.9 Å². The zero-order valence-electron chi connectivity index (χ0n) is 25.7. The second kappa shape index (κ2) is 14.2. The first-order valence-electron chi connectivity index (χ1n) is 14.5. The maximum atomic E-state index is 13.7. The van der Waals surface area contributed by atoms with E-state index in [0.717, 1.165) is 28.1 Å². The largest absolute Gasteiger partial charge is 0.391 e. The van der Waals surface area contributed by atoms with E-state index in [1.54, 1.807) is 16.8 Å². The normalized spacial score (nSPS) is 18.5. The molecule has 4 atom stereocenters. The van der Waals surface area contributed by atoms with Gasteiger partial charge in [0, 0.05) is 26.4 Å². The van der Waals surface area contributed by atoms with E-state index in [4.69, 9.17) is 0 Å². The number of hydrogen-bond donors (Lipinski definition) is 4. The standard InChI is InChI=1S/C31H45N5O5S/c1-18(2)12-13-32-26(39)15-24(21-8-10-22(11-9-21)27-19(3)33-17-42-27)35-29(40)25-14-23(38)16-36(25)30(41)28(31(5,6)7)34-20(4)37/h8-11,17-18,23-25,28,38H,12-16H2,1-7H3,(H,32,39)(H,34,37)(H,35,40)/t23-,24+,25?,28-/m1/s1. The molecule has 11 heteroatoms. The second-order valence-electron chi connectivity index (χ2n) is 12.6. The average Bonchev–Trinajstić information content (AvgIpc) is 3.51. The number of amides is 4. The molecule has 2 heterocycles. The predicted octanol–water partition coefficient (Wildman–Crippen LogP) is 3.34. The fourth-order valence-corrected chi connectivity index (χ4v) is 5.86. The summed E-state index contributed by atoms with van der Waals surface area (Å²) in [5.74, 6) is -1.000. The molecule has 0 saturated carbocycles. The van der Waals surface area contributed by atoms with E-state index < -0.39 is 41.5 Å². The summed E-state index contributed by atoms with van der Waals surface area (Å²) in [5.41, 5.74) is 3.84. The number of carbonyl (C=O) groups excluding carboxylic acids is 4. The number of aryl methyl sites for hydroxylation is 1. The number of likely N-dealkylation sites (tertiary alicyclic amines) is 1. The Hall–Kier alpha value is -3.31. The fourth-order valence-electron chi connectivity index (χ4n) is 5.05. The van der Waals surface area contributed by atoms with E-state index in [1.807, 2.05) is 52.0 Å². The van der Waals surface area contributed by atoms with Gasteiger partial charge in [0.2, 0.25) is 23.6 Å². The van der Waals surface area contributed by atoms with Gasteiger partial charge >= 0.3 is 0 Å². The molecule has 0 bridgehead atoms. The lowest BCUT2D eigenvalue weighted by Gasteiger charge is -2.35. The number of aromatic nitrogens is 1. The number of rotatable bonds is 11. The smallest absolute Gasteiger partial charge is 0.246 e. The Labute approximate surface area is 252 Å². The number of nitrogens with one attached hydrogen (secondary N) is 3. The van der Waals surface area contributed by atoms with Gasteiger partial charge in [0.15, 0.2) is 0 Å². The summed E-state index contributed by atoms with van der Waals surface area (Å²) in [5, 5.41) is 19.1. The zero-order valence-corrected chi connectivity index (χ0v) is 26.5. The molecule has 4 N–H and O–H groups in total. The first kappa shape index (κ1) is 33.2. The van der Waals surface area contributed by atoms with Crippen molar-refractivity contribution in [2.45, 2.75) is 92.0 Å². The maximum absolute atomic E-state index is 13.7. The van der Waals surface area contributed by atoms with Gasteiger partial charge in [0.1, 0.15) is 12.1 Å². The van der Waals surface area contributed by atoms with Crippen LogP contribution in [0.25, 0.3) is 10.4 Å². The van der Waals surface area contributed by atoms with Crippen LogP contribution in [-0.2, 0) is 19.2 Å². The first-order valence-corrected chi connectivity index (χ1v) is 15.4. The Bertz CT molecular complexity index is 1250. The molecule has 10 nitrogen and oxygen atoms in total. The third-order valence-electron chi connectivity index (χ3n) is 7.40. The summed E-state index contributed by atoms with van der Waals surface area (Å²) in [4.78, 5) is 58.9. The van der Waals surface area contributed by atoms with Crippen LogP contribution in [0.1, 0.15) is 78.1 Å². The maximum Gasteiger partial charge on any atom is 0.246 e. The van der Waals surface area contributed by atoms with Crippen LogP contribution >= 0.6 is 11.3 Å². The van der Waals surface area contributed by atoms with Gasteiger partial charge in [-0.2, -0.15) is 0 Å². The van der Waals surface area contributed by atoms with Crippen molar-refractivity contribution < 1.29 is 24.3 Å². The van der Waals surface area contributed by atoms with Crippen LogP contribution in [0.15, 0.2) is 29.8 Å². The van der Waals surface area contributed by atoms with Crippen LogP contribution in [0, 0.1) is 18.3 Å². The second-order valence-corrected chi connectivity index (χ2v) is 13.4. The number of nitrogens with zero attached hydrogens (tertiary/aromatic N) is 2. The van der Waals surface area contributed by atoms with Gasteiger partial charge < -0.3 is 26.0 Å². The Morgan fingerprint density at radius 1 is 1.12 bits per heavy atom. The van der Waals surface area contributed by atoms with Crippen LogP contribution in [0.5, 0.6) is 0 Å². The number of thiazole rings is 1. The minimum Gasteiger partial charge on any atom is -0.391 e. The predicted molar refractivity (Wildman–Crippen MR) is 163 cm³/mol. The molecular formula is C31H45N5O5S. The van der Waals surface area contributed by atoms with Gasteiger partial charge in [0.25, 0.3) is 0 Å². The summed E-state index contributed by atoms with van der Waals surface area (Å²) in [6.07, 6.45) is 0.0298. The topological polar surface area (TPSA) is 141 Å². The lowest BCUT2D eigenvalue weighted by Crippen LogP contribution is -2.57. The Kier molecular flexibility index (Phi) is 11.3. The van der Waals surface area contributed by atoms with Crippen molar-refractivity contribution in [1.82, 2.24) is 25.8 Å². The van der Waals surface area contributed by atoms with Crippen molar-refractivity contribution >= 4 is 35.0 Å². The van der Waals surface area contributed by atoms with E-state index in [1.165, 1.54) is 11.8 Å². The van der Waals surface area contributed by atoms with Gasteiger partial charge in [-0.15, -0.1) is 11.3 Å². The highest BCUT2D eigenvalue weighted by Gasteiger charge is 2.44. The average molecular weight is 600 g/mol. The number of aliphatic hydroxyl groups is 1. The Balaban J connectivity index is 1.84. The molecule has 230 valence electrons. The molecule has 0 radical (unpaired) electrons. The molecule has 1 fully saturated rings. The number of β-amino-alcohol motifs (C(OH)–C–C–N with tert-alkyl or cyclic N) is 1. The zero-order chi connectivity index (χ0) is 31.2. The van der Waals surface area contributed by atoms with Crippen LogP contribution < -0.4 is 16.0 Å². The molecular weight excluding hydrogens is 554 g/mol. The van der Waals surface area contributed by atoms with Crippen LogP contribution in [0.2, 0.25) is 0 Å². The van der Waals surface area contributed by atoms with E-state index in [9.17, 15) is 24.3 Å². The lowest BCUT2D eigenvalue weighted by molar-refractivity contribution is -0.144. The molecule has 1 aromatic carbocycles. The van der Waals surface area contributed by atoms with Crippen molar-refractivity contribution in [3.05, 3.63) is 41.0 Å². The van der Waals surface area contributed by atoms with Crippen molar-refractivity contribution in [1.29, 1.82) is 0 Å². The van der Waals surface area contributed by atoms with Gasteiger partial charge in [0.05, 0.1) is 34.6 Å². The quantitative estimate of drug-likeness (QED) is 0.312. The van der Waals surface area contributed by atoms with Crippen LogP contribution in [0.4, 0.5) is 0 Å². The molecule has 1 aliphatic rings. The first-order chi connectivity index (χ1) is 19.7. The van der Waals surface area contributed by atoms with Gasteiger partial charge in [-0.3, -0.25) is 19.2 Å². The number of benzene rings is 1. The molecule has 0 spiro atoms. The summed E-state index contributed by atoms with van der Waals surface area (Å²) < 4.78 is 0. The Morgan fingerprint density at radius 3 is 2.33 bits per heavy atom. The van der Waals surface area contributed by atoms with E-state index in [2.05, 4.69) is 34.8 Å². The van der Waals surface area contributed by atoms with Crippen molar-refractivity contribution in [3.8, 4) is 10.4 Å². The monoisotopic (exact) mass is 599 g/mol.